The summed E-state index contributed by atoms with van der Waals surface area (Å²) in [5.74, 6) is 0.530. The van der Waals surface area contributed by atoms with Crippen molar-refractivity contribution >= 4 is 11.6 Å². The van der Waals surface area contributed by atoms with Crippen LogP contribution in [0.1, 0.15) is 15.9 Å². The van der Waals surface area contributed by atoms with Crippen LogP contribution in [0.5, 0.6) is 5.75 Å². The van der Waals surface area contributed by atoms with E-state index in [0.29, 0.717) is 24.5 Å². The quantitative estimate of drug-likeness (QED) is 0.899. The Balaban J connectivity index is 1.63. The number of fused-ring (bicyclic) bond motifs is 1. The number of rotatable bonds is 4. The summed E-state index contributed by atoms with van der Waals surface area (Å²) >= 11 is 0. The fourth-order valence-electron chi connectivity index (χ4n) is 2.31. The molecule has 0 bridgehead atoms. The lowest BCUT2D eigenvalue weighted by atomic mass is 10.1. The van der Waals surface area contributed by atoms with E-state index in [2.05, 4.69) is 15.6 Å². The molecule has 0 fully saturated rings. The molecule has 0 saturated heterocycles. The maximum atomic E-state index is 12.3. The van der Waals surface area contributed by atoms with E-state index in [9.17, 15) is 4.79 Å². The second-order valence-electron chi connectivity index (χ2n) is 4.82. The van der Waals surface area contributed by atoms with Crippen LogP contribution in [0.15, 0.2) is 42.7 Å². The van der Waals surface area contributed by atoms with Crippen LogP contribution in [0, 0.1) is 0 Å². The first-order valence-electron chi connectivity index (χ1n) is 7.01. The summed E-state index contributed by atoms with van der Waals surface area (Å²) in [6.07, 6.45) is 4.31. The largest absolute Gasteiger partial charge is 0.489 e. The maximum absolute atomic E-state index is 12.3. The Morgan fingerprint density at radius 3 is 3.14 bits per heavy atom. The van der Waals surface area contributed by atoms with Crippen LogP contribution in [-0.2, 0) is 6.42 Å². The predicted molar refractivity (Wildman–Crippen MR) is 80.7 cm³/mol. The molecule has 2 aromatic rings. The number of carbonyl (C=O) groups is 1. The molecule has 5 heteroatoms. The molecule has 2 N–H and O–H groups in total. The molecule has 2 heterocycles. The van der Waals surface area contributed by atoms with Crippen molar-refractivity contribution < 1.29 is 9.53 Å². The number of pyridine rings is 1. The highest BCUT2D eigenvalue weighted by molar-refractivity contribution is 5.98. The van der Waals surface area contributed by atoms with Crippen LogP contribution in [0.25, 0.3) is 0 Å². The van der Waals surface area contributed by atoms with E-state index >= 15 is 0 Å². The van der Waals surface area contributed by atoms with E-state index in [-0.39, 0.29) is 5.91 Å². The summed E-state index contributed by atoms with van der Waals surface area (Å²) in [6.45, 7) is 1.91. The third-order valence-corrected chi connectivity index (χ3v) is 3.35. The zero-order chi connectivity index (χ0) is 14.5. The van der Waals surface area contributed by atoms with Crippen molar-refractivity contribution in [2.45, 2.75) is 6.42 Å². The Hall–Kier alpha value is -2.56. The van der Waals surface area contributed by atoms with Gasteiger partial charge in [-0.3, -0.25) is 9.78 Å². The highest BCUT2D eigenvalue weighted by Crippen LogP contribution is 2.30. The molecule has 108 valence electrons. The number of hydrogen-bond donors (Lipinski definition) is 2. The van der Waals surface area contributed by atoms with Crippen molar-refractivity contribution in [3.8, 4) is 5.75 Å². The first-order chi connectivity index (χ1) is 10.3. The summed E-state index contributed by atoms with van der Waals surface area (Å²) in [5, 5.41) is 6.15. The van der Waals surface area contributed by atoms with Crippen LogP contribution >= 0.6 is 0 Å². The second-order valence-corrected chi connectivity index (χ2v) is 4.82. The molecule has 1 aromatic carbocycles. The van der Waals surface area contributed by atoms with E-state index in [4.69, 9.17) is 4.74 Å². The number of aromatic nitrogens is 1. The van der Waals surface area contributed by atoms with E-state index in [1.165, 1.54) is 0 Å². The first-order valence-corrected chi connectivity index (χ1v) is 7.01. The van der Waals surface area contributed by atoms with E-state index in [1.807, 2.05) is 30.5 Å². The zero-order valence-electron chi connectivity index (χ0n) is 11.6. The molecule has 1 amide bonds. The monoisotopic (exact) mass is 283 g/mol. The summed E-state index contributed by atoms with van der Waals surface area (Å²) in [7, 11) is 0. The molecule has 1 aliphatic heterocycles. The number of benzene rings is 1. The lowest BCUT2D eigenvalue weighted by Crippen LogP contribution is -2.28. The SMILES string of the molecule is O=C(NCCc1cccnc1)c1cccc2c1OCCN2. The minimum absolute atomic E-state index is 0.112. The van der Waals surface area contributed by atoms with Crippen molar-refractivity contribution in [2.24, 2.45) is 0 Å². The number of carbonyl (C=O) groups excluding carboxylic acids is 1. The van der Waals surface area contributed by atoms with Gasteiger partial charge in [0.1, 0.15) is 6.61 Å². The van der Waals surface area contributed by atoms with Gasteiger partial charge in [-0.25, -0.2) is 0 Å². The molecular weight excluding hydrogens is 266 g/mol. The van der Waals surface area contributed by atoms with E-state index in [1.54, 1.807) is 12.3 Å². The van der Waals surface area contributed by atoms with Gasteiger partial charge in [-0.2, -0.15) is 0 Å². The Morgan fingerprint density at radius 2 is 2.29 bits per heavy atom. The van der Waals surface area contributed by atoms with Crippen molar-refractivity contribution in [1.82, 2.24) is 10.3 Å². The molecule has 0 saturated carbocycles. The van der Waals surface area contributed by atoms with Gasteiger partial charge in [0.15, 0.2) is 5.75 Å². The Morgan fingerprint density at radius 1 is 1.33 bits per heavy atom. The topological polar surface area (TPSA) is 63.2 Å². The van der Waals surface area contributed by atoms with Crippen LogP contribution in [0.2, 0.25) is 0 Å². The minimum atomic E-state index is -0.112. The van der Waals surface area contributed by atoms with Gasteiger partial charge in [0.05, 0.1) is 11.3 Å². The van der Waals surface area contributed by atoms with Crippen molar-refractivity contribution in [3.05, 3.63) is 53.9 Å². The summed E-state index contributed by atoms with van der Waals surface area (Å²) in [5.41, 5.74) is 2.55. The molecule has 1 aromatic heterocycles. The third-order valence-electron chi connectivity index (χ3n) is 3.35. The number of anilines is 1. The fourth-order valence-corrected chi connectivity index (χ4v) is 2.31. The maximum Gasteiger partial charge on any atom is 0.255 e. The Bertz CT molecular complexity index is 629. The van der Waals surface area contributed by atoms with Gasteiger partial charge < -0.3 is 15.4 Å². The number of nitrogens with zero attached hydrogens (tertiary/aromatic N) is 1. The van der Waals surface area contributed by atoms with Crippen LogP contribution < -0.4 is 15.4 Å². The zero-order valence-corrected chi connectivity index (χ0v) is 11.6. The van der Waals surface area contributed by atoms with Crippen molar-refractivity contribution in [3.63, 3.8) is 0 Å². The number of hydrogen-bond acceptors (Lipinski definition) is 4. The number of para-hydroxylation sites is 1. The van der Waals surface area contributed by atoms with Gasteiger partial charge in [-0.1, -0.05) is 12.1 Å². The summed E-state index contributed by atoms with van der Waals surface area (Å²) in [4.78, 5) is 16.3. The average molecular weight is 283 g/mol. The highest BCUT2D eigenvalue weighted by Gasteiger charge is 2.18. The molecule has 0 aliphatic carbocycles. The summed E-state index contributed by atoms with van der Waals surface area (Å²) in [6, 6.07) is 9.45. The lowest BCUT2D eigenvalue weighted by molar-refractivity contribution is 0.0950. The lowest BCUT2D eigenvalue weighted by Gasteiger charge is -2.21. The predicted octanol–water partition coefficient (Wildman–Crippen LogP) is 1.86. The average Bonchev–Trinajstić information content (AvgIpc) is 2.55. The highest BCUT2D eigenvalue weighted by atomic mass is 16.5. The standard InChI is InChI=1S/C16H17N3O2/c20-16(19-8-6-12-3-2-7-17-11-12)13-4-1-5-14-15(13)21-10-9-18-14/h1-5,7,11,18H,6,8-10H2,(H,19,20). The fraction of sp³-hybridized carbons (Fsp3) is 0.250. The van der Waals surface area contributed by atoms with Gasteiger partial charge in [0.25, 0.3) is 5.91 Å². The number of ether oxygens (including phenoxy) is 1. The smallest absolute Gasteiger partial charge is 0.255 e. The van der Waals surface area contributed by atoms with Gasteiger partial charge >= 0.3 is 0 Å². The molecule has 5 nitrogen and oxygen atoms in total. The van der Waals surface area contributed by atoms with Crippen molar-refractivity contribution in [2.75, 3.05) is 25.0 Å². The van der Waals surface area contributed by atoms with Gasteiger partial charge in [0, 0.05) is 25.5 Å². The second kappa shape index (κ2) is 6.26. The van der Waals surface area contributed by atoms with Crippen LogP contribution in [-0.4, -0.2) is 30.6 Å². The normalized spacial score (nSPS) is 12.8. The number of nitrogens with one attached hydrogen (secondary N) is 2. The Labute approximate surface area is 123 Å². The molecule has 21 heavy (non-hydrogen) atoms. The van der Waals surface area contributed by atoms with E-state index < -0.39 is 0 Å². The Kier molecular flexibility index (Phi) is 4.00. The third kappa shape index (κ3) is 3.13. The first kappa shape index (κ1) is 13.4. The molecule has 0 radical (unpaired) electrons. The van der Waals surface area contributed by atoms with Crippen LogP contribution in [0.4, 0.5) is 5.69 Å². The molecule has 0 atom stereocenters. The van der Waals surface area contributed by atoms with Crippen molar-refractivity contribution in [1.29, 1.82) is 0 Å². The molecule has 3 rings (SSSR count). The molecule has 1 aliphatic rings. The van der Waals surface area contributed by atoms with Crippen LogP contribution in [0.3, 0.4) is 0 Å². The van der Waals surface area contributed by atoms with Gasteiger partial charge in [0.2, 0.25) is 0 Å². The molecular formula is C16H17N3O2. The summed E-state index contributed by atoms with van der Waals surface area (Å²) < 4.78 is 5.61. The molecule has 0 unspecified atom stereocenters. The van der Waals surface area contributed by atoms with Gasteiger partial charge in [-0.05, 0) is 30.2 Å². The number of amides is 1. The molecule has 0 spiro atoms. The minimum Gasteiger partial charge on any atom is -0.489 e. The van der Waals surface area contributed by atoms with E-state index in [0.717, 1.165) is 24.2 Å². The van der Waals surface area contributed by atoms with Gasteiger partial charge in [-0.15, -0.1) is 0 Å².